The Bertz CT molecular complexity index is 382. The lowest BCUT2D eigenvalue weighted by Crippen LogP contribution is -2.20. The van der Waals surface area contributed by atoms with Crippen molar-refractivity contribution in [1.82, 2.24) is 15.1 Å². The van der Waals surface area contributed by atoms with Crippen LogP contribution in [0.2, 0.25) is 0 Å². The molecule has 88 valence electrons. The highest BCUT2D eigenvalue weighted by Crippen LogP contribution is 2.19. The van der Waals surface area contributed by atoms with Crippen LogP contribution in [0.15, 0.2) is 6.07 Å². The highest BCUT2D eigenvalue weighted by Gasteiger charge is 2.14. The van der Waals surface area contributed by atoms with E-state index in [0.717, 1.165) is 25.1 Å². The van der Waals surface area contributed by atoms with Gasteiger partial charge in [0.1, 0.15) is 0 Å². The second-order valence-electron chi connectivity index (χ2n) is 3.83. The molecule has 0 aliphatic rings. The summed E-state index contributed by atoms with van der Waals surface area (Å²) in [4.78, 5) is 0. The van der Waals surface area contributed by atoms with Crippen molar-refractivity contribution in [1.29, 1.82) is 0 Å². The molecule has 0 amide bonds. The van der Waals surface area contributed by atoms with E-state index in [4.69, 9.17) is 0 Å². The molecular weight excluding hydrogens is 198 g/mol. The summed E-state index contributed by atoms with van der Waals surface area (Å²) >= 11 is 0. The van der Waals surface area contributed by atoms with Gasteiger partial charge >= 0.3 is 0 Å². The van der Waals surface area contributed by atoms with E-state index in [1.807, 2.05) is 20.9 Å². The summed E-state index contributed by atoms with van der Waals surface area (Å²) in [5.41, 5.74) is 2.35. The van der Waals surface area contributed by atoms with Crippen LogP contribution >= 0.6 is 0 Å². The molecule has 0 bridgehead atoms. The Hall–Kier alpha value is -1.27. The van der Waals surface area contributed by atoms with Crippen molar-refractivity contribution in [2.24, 2.45) is 0 Å². The van der Waals surface area contributed by atoms with Gasteiger partial charge in [-0.3, -0.25) is 4.68 Å². The molecule has 1 atom stereocenters. The van der Waals surface area contributed by atoms with E-state index >= 15 is 0 Å². The topological polar surface area (TPSA) is 29.9 Å². The van der Waals surface area contributed by atoms with Crippen LogP contribution < -0.4 is 5.32 Å². The maximum atomic E-state index is 4.47. The van der Waals surface area contributed by atoms with Crippen LogP contribution in [0.25, 0.3) is 0 Å². The lowest BCUT2D eigenvalue weighted by Gasteiger charge is -2.16. The summed E-state index contributed by atoms with van der Waals surface area (Å²) in [5, 5.41) is 7.80. The van der Waals surface area contributed by atoms with Crippen molar-refractivity contribution < 1.29 is 0 Å². The molecule has 1 unspecified atom stereocenters. The Kier molecular flexibility index (Phi) is 5.07. The Morgan fingerprint density at radius 3 is 2.88 bits per heavy atom. The standard InChI is InChI=1S/C13H21N3/c1-5-7-8-9-12(14-4)13-10-11(3)15-16(13)6-2/h10,12,14H,6,8-9H2,1-4H3. The zero-order chi connectivity index (χ0) is 12.0. The molecule has 1 aromatic rings. The third-order valence-electron chi connectivity index (χ3n) is 2.67. The molecule has 0 spiro atoms. The largest absolute Gasteiger partial charge is 0.312 e. The van der Waals surface area contributed by atoms with Crippen LogP contribution in [-0.2, 0) is 6.54 Å². The SMILES string of the molecule is CC#CCCC(NC)c1cc(C)nn1CC. The van der Waals surface area contributed by atoms with Crippen molar-refractivity contribution in [3.05, 3.63) is 17.5 Å². The minimum absolute atomic E-state index is 0.349. The first-order chi connectivity index (χ1) is 7.72. The number of hydrogen-bond donors (Lipinski definition) is 1. The minimum atomic E-state index is 0.349. The molecule has 0 aliphatic carbocycles. The highest BCUT2D eigenvalue weighted by molar-refractivity contribution is 5.14. The molecule has 1 heterocycles. The number of aryl methyl sites for hydroxylation is 2. The van der Waals surface area contributed by atoms with Gasteiger partial charge in [-0.2, -0.15) is 5.10 Å². The smallest absolute Gasteiger partial charge is 0.0597 e. The first-order valence-corrected chi connectivity index (χ1v) is 5.84. The fraction of sp³-hybridized carbons (Fsp3) is 0.615. The van der Waals surface area contributed by atoms with Gasteiger partial charge < -0.3 is 5.32 Å². The quantitative estimate of drug-likeness (QED) is 0.770. The fourth-order valence-electron chi connectivity index (χ4n) is 1.88. The summed E-state index contributed by atoms with van der Waals surface area (Å²) in [7, 11) is 1.99. The lowest BCUT2D eigenvalue weighted by atomic mass is 10.1. The maximum Gasteiger partial charge on any atom is 0.0597 e. The van der Waals surface area contributed by atoms with Gasteiger partial charge in [-0.25, -0.2) is 0 Å². The molecule has 0 aliphatic heterocycles. The van der Waals surface area contributed by atoms with Gasteiger partial charge in [-0.05, 0) is 40.3 Å². The third-order valence-corrected chi connectivity index (χ3v) is 2.67. The molecule has 0 aromatic carbocycles. The molecule has 1 N–H and O–H groups in total. The summed E-state index contributed by atoms with van der Waals surface area (Å²) in [5.74, 6) is 6.04. The predicted molar refractivity (Wildman–Crippen MR) is 67.1 cm³/mol. The predicted octanol–water partition coefficient (Wildman–Crippen LogP) is 2.28. The van der Waals surface area contributed by atoms with Crippen molar-refractivity contribution in [3.63, 3.8) is 0 Å². The Balaban J connectivity index is 2.79. The number of aromatic nitrogens is 2. The van der Waals surface area contributed by atoms with Crippen LogP contribution in [0.4, 0.5) is 0 Å². The number of nitrogens with zero attached hydrogens (tertiary/aromatic N) is 2. The van der Waals surface area contributed by atoms with Gasteiger partial charge in [0.2, 0.25) is 0 Å². The van der Waals surface area contributed by atoms with Gasteiger partial charge in [0.25, 0.3) is 0 Å². The summed E-state index contributed by atoms with van der Waals surface area (Å²) in [6.45, 7) is 6.96. The van der Waals surface area contributed by atoms with Gasteiger partial charge in [0.05, 0.1) is 11.4 Å². The van der Waals surface area contributed by atoms with Crippen molar-refractivity contribution >= 4 is 0 Å². The van der Waals surface area contributed by atoms with Gasteiger partial charge in [-0.15, -0.1) is 11.8 Å². The molecule has 0 saturated carbocycles. The molecule has 0 radical (unpaired) electrons. The fourth-order valence-corrected chi connectivity index (χ4v) is 1.88. The third kappa shape index (κ3) is 3.11. The normalized spacial score (nSPS) is 12.0. The van der Waals surface area contributed by atoms with Crippen molar-refractivity contribution in [3.8, 4) is 11.8 Å². The van der Waals surface area contributed by atoms with Crippen LogP contribution in [0, 0.1) is 18.8 Å². The van der Waals surface area contributed by atoms with E-state index in [9.17, 15) is 0 Å². The molecule has 0 saturated heterocycles. The first kappa shape index (κ1) is 12.8. The van der Waals surface area contributed by atoms with E-state index in [1.165, 1.54) is 5.69 Å². The maximum absolute atomic E-state index is 4.47. The van der Waals surface area contributed by atoms with E-state index in [1.54, 1.807) is 0 Å². The summed E-state index contributed by atoms with van der Waals surface area (Å²) < 4.78 is 2.07. The molecule has 16 heavy (non-hydrogen) atoms. The second-order valence-corrected chi connectivity index (χ2v) is 3.83. The van der Waals surface area contributed by atoms with Crippen LogP contribution in [0.1, 0.15) is 44.1 Å². The summed E-state index contributed by atoms with van der Waals surface area (Å²) in [6, 6.07) is 2.51. The molecule has 1 aromatic heterocycles. The average Bonchev–Trinajstić information content (AvgIpc) is 2.66. The van der Waals surface area contributed by atoms with Crippen LogP contribution in [0.3, 0.4) is 0 Å². The van der Waals surface area contributed by atoms with E-state index in [0.29, 0.717) is 6.04 Å². The van der Waals surface area contributed by atoms with Gasteiger partial charge in [-0.1, -0.05) is 0 Å². The van der Waals surface area contributed by atoms with Crippen molar-refractivity contribution in [2.45, 2.75) is 46.2 Å². The van der Waals surface area contributed by atoms with E-state index in [2.05, 4.69) is 39.9 Å². The van der Waals surface area contributed by atoms with Crippen LogP contribution in [0.5, 0.6) is 0 Å². The zero-order valence-electron chi connectivity index (χ0n) is 10.7. The van der Waals surface area contributed by atoms with E-state index in [-0.39, 0.29) is 0 Å². The summed E-state index contributed by atoms with van der Waals surface area (Å²) in [6.07, 6.45) is 1.96. The molecule has 0 fully saturated rings. The van der Waals surface area contributed by atoms with Gasteiger partial charge in [0, 0.05) is 19.0 Å². The number of rotatable bonds is 5. The van der Waals surface area contributed by atoms with Crippen LogP contribution in [-0.4, -0.2) is 16.8 Å². The lowest BCUT2D eigenvalue weighted by molar-refractivity contribution is 0.493. The Labute approximate surface area is 98.2 Å². The Morgan fingerprint density at radius 2 is 2.31 bits per heavy atom. The average molecular weight is 219 g/mol. The molecule has 3 nitrogen and oxygen atoms in total. The van der Waals surface area contributed by atoms with Gasteiger partial charge in [0.15, 0.2) is 0 Å². The second kappa shape index (κ2) is 6.34. The molecular formula is C13H21N3. The first-order valence-electron chi connectivity index (χ1n) is 5.84. The van der Waals surface area contributed by atoms with Crippen molar-refractivity contribution in [2.75, 3.05) is 7.05 Å². The zero-order valence-corrected chi connectivity index (χ0v) is 10.7. The molecule has 1 rings (SSSR count). The highest BCUT2D eigenvalue weighted by atomic mass is 15.3. The minimum Gasteiger partial charge on any atom is -0.312 e. The Morgan fingerprint density at radius 1 is 1.56 bits per heavy atom. The monoisotopic (exact) mass is 219 g/mol. The number of hydrogen-bond acceptors (Lipinski definition) is 2. The number of nitrogens with one attached hydrogen (secondary N) is 1. The van der Waals surface area contributed by atoms with E-state index < -0.39 is 0 Å². The molecule has 3 heteroatoms.